The fourth-order valence-electron chi connectivity index (χ4n) is 3.35. The summed E-state index contributed by atoms with van der Waals surface area (Å²) >= 11 is 0. The molecule has 0 spiro atoms. The van der Waals surface area contributed by atoms with Crippen molar-refractivity contribution in [1.82, 2.24) is 19.9 Å². The molecule has 7 nitrogen and oxygen atoms in total. The predicted octanol–water partition coefficient (Wildman–Crippen LogP) is 6.01. The van der Waals surface area contributed by atoms with Crippen LogP contribution in [-0.4, -0.2) is 78.2 Å². The summed E-state index contributed by atoms with van der Waals surface area (Å²) in [7, 11) is 1.97. The van der Waals surface area contributed by atoms with Gasteiger partial charge in [0.15, 0.2) is 5.82 Å². The van der Waals surface area contributed by atoms with Crippen molar-refractivity contribution in [2.24, 2.45) is 10.9 Å². The number of rotatable bonds is 8. The molecule has 1 aromatic carbocycles. The number of aryl methyl sites for hydroxylation is 1. The summed E-state index contributed by atoms with van der Waals surface area (Å²) in [5.74, 6) is 0.435. The number of hydrogen-bond acceptors (Lipinski definition) is 7. The molecule has 0 radical (unpaired) electrons. The molecule has 0 aliphatic carbocycles. The zero-order valence-electron chi connectivity index (χ0n) is 23.7. The largest absolute Gasteiger partial charge is 0.394 e. The van der Waals surface area contributed by atoms with Gasteiger partial charge in [-0.1, -0.05) is 63.1 Å². The summed E-state index contributed by atoms with van der Waals surface area (Å²) in [6, 6.07) is 8.37. The molecule has 0 N–H and O–H groups in total. The quantitative estimate of drug-likeness (QED) is 0.387. The molecule has 38 heavy (non-hydrogen) atoms. The molecule has 2 heterocycles. The number of alkyl halides is 3. The Balaban J connectivity index is 0.00000161. The highest BCUT2D eigenvalue weighted by molar-refractivity contribution is 5.71. The van der Waals surface area contributed by atoms with Gasteiger partial charge in [0, 0.05) is 51.0 Å². The first-order valence-electron chi connectivity index (χ1n) is 13.2. The fourth-order valence-corrected chi connectivity index (χ4v) is 3.35. The third-order valence-corrected chi connectivity index (χ3v) is 6.06. The number of hydrogen-bond donors (Lipinski definition) is 0. The number of anilines is 2. The second-order valence-electron chi connectivity index (χ2n) is 9.83. The van der Waals surface area contributed by atoms with Crippen LogP contribution in [0.1, 0.15) is 46.6 Å². The van der Waals surface area contributed by atoms with Crippen LogP contribution in [0.25, 0.3) is 11.4 Å². The van der Waals surface area contributed by atoms with Crippen LogP contribution < -0.4 is 9.80 Å². The molecular weight excluding hydrogens is 491 g/mol. The van der Waals surface area contributed by atoms with E-state index in [0.29, 0.717) is 24.4 Å². The third kappa shape index (κ3) is 9.70. The van der Waals surface area contributed by atoms with Crippen molar-refractivity contribution in [3.63, 3.8) is 0 Å². The second-order valence-corrected chi connectivity index (χ2v) is 9.83. The highest BCUT2D eigenvalue weighted by Gasteiger charge is 2.33. The topological polar surface area (TPSA) is 60.8 Å². The number of benzene rings is 1. The van der Waals surface area contributed by atoms with Gasteiger partial charge in [-0.05, 0) is 26.8 Å². The molecule has 1 fully saturated rings. The van der Waals surface area contributed by atoms with Crippen LogP contribution >= 0.6 is 0 Å². The molecule has 1 aromatic heterocycles. The maximum Gasteiger partial charge on any atom is 0.394 e. The molecule has 1 aliphatic heterocycles. The van der Waals surface area contributed by atoms with Gasteiger partial charge < -0.3 is 9.80 Å². The summed E-state index contributed by atoms with van der Waals surface area (Å²) in [6.45, 7) is 15.0. The highest BCUT2D eigenvalue weighted by atomic mass is 19.4. The third-order valence-electron chi connectivity index (χ3n) is 6.06. The normalized spacial score (nSPS) is 15.7. The van der Waals surface area contributed by atoms with Gasteiger partial charge in [-0.2, -0.15) is 28.1 Å². The van der Waals surface area contributed by atoms with E-state index in [4.69, 9.17) is 15.0 Å². The van der Waals surface area contributed by atoms with Crippen molar-refractivity contribution in [1.29, 1.82) is 0 Å². The van der Waals surface area contributed by atoms with E-state index in [9.17, 15) is 13.2 Å². The molecule has 0 amide bonds. The maximum atomic E-state index is 12.5. The van der Waals surface area contributed by atoms with Crippen molar-refractivity contribution in [2.45, 2.75) is 60.2 Å². The van der Waals surface area contributed by atoms with Gasteiger partial charge in [0.2, 0.25) is 11.9 Å². The molecule has 1 aliphatic rings. The Bertz CT molecular complexity index is 1030. The summed E-state index contributed by atoms with van der Waals surface area (Å²) < 4.78 is 37.6. The maximum absolute atomic E-state index is 12.5. The minimum Gasteiger partial charge on any atom is -0.341 e. The molecule has 0 saturated carbocycles. The SMILES string of the molecule is CCC.Cc1ccc(-c2nc(N3CCN(C/N=C\C=C/C(C)C(F)(F)F)CC3)nc(N(C)C(C)C)n2)cc1. The van der Waals surface area contributed by atoms with Gasteiger partial charge >= 0.3 is 6.18 Å². The Hall–Kier alpha value is -3.01. The Morgan fingerprint density at radius 3 is 2.16 bits per heavy atom. The van der Waals surface area contributed by atoms with E-state index in [1.165, 1.54) is 24.3 Å². The van der Waals surface area contributed by atoms with Gasteiger partial charge in [-0.25, -0.2) is 0 Å². The van der Waals surface area contributed by atoms with Crippen LogP contribution in [0.5, 0.6) is 0 Å². The molecule has 1 atom stereocenters. The van der Waals surface area contributed by atoms with E-state index in [2.05, 4.69) is 42.5 Å². The molecule has 210 valence electrons. The average molecular weight is 534 g/mol. The standard InChI is InChI=1S/C25H34F3N7.C3H8/c1-18(2)33(5)23-30-22(21-10-8-19(3)9-11-21)31-24(32-23)35-15-13-34(14-16-35)17-29-12-6-7-20(4)25(26,27)28;1-3-2/h6-12,18,20H,13-17H2,1-5H3;3H2,1-2H3/b7-6-,29-12-;. The fraction of sp³-hybridized carbons (Fsp3) is 0.571. The number of piperazine rings is 1. The minimum atomic E-state index is -4.22. The summed E-state index contributed by atoms with van der Waals surface area (Å²) in [6.07, 6.45) is 0.930. The van der Waals surface area contributed by atoms with Gasteiger partial charge in [-0.15, -0.1) is 0 Å². The van der Waals surface area contributed by atoms with E-state index in [1.807, 2.05) is 43.1 Å². The van der Waals surface area contributed by atoms with Gasteiger partial charge in [-0.3, -0.25) is 9.89 Å². The number of aliphatic imine (C=N–C) groups is 1. The van der Waals surface area contributed by atoms with E-state index in [0.717, 1.165) is 44.7 Å². The molecule has 3 rings (SSSR count). The van der Waals surface area contributed by atoms with Crippen LogP contribution in [0, 0.1) is 12.8 Å². The minimum absolute atomic E-state index is 0.235. The molecular formula is C28H42F3N7. The number of aromatic nitrogens is 3. The van der Waals surface area contributed by atoms with Crippen molar-refractivity contribution in [3.05, 3.63) is 42.0 Å². The zero-order chi connectivity index (χ0) is 28.3. The molecule has 1 saturated heterocycles. The smallest absolute Gasteiger partial charge is 0.341 e. The van der Waals surface area contributed by atoms with Gasteiger partial charge in [0.05, 0.1) is 12.6 Å². The monoisotopic (exact) mass is 533 g/mol. The lowest BCUT2D eigenvalue weighted by Gasteiger charge is -2.34. The van der Waals surface area contributed by atoms with Gasteiger partial charge in [0.1, 0.15) is 0 Å². The molecule has 1 unspecified atom stereocenters. The van der Waals surface area contributed by atoms with Crippen LogP contribution in [-0.2, 0) is 0 Å². The first-order valence-corrected chi connectivity index (χ1v) is 13.2. The van der Waals surface area contributed by atoms with E-state index >= 15 is 0 Å². The lowest BCUT2D eigenvalue weighted by molar-refractivity contribution is -0.156. The van der Waals surface area contributed by atoms with Crippen molar-refractivity contribution < 1.29 is 13.2 Å². The molecule has 0 bridgehead atoms. The number of allylic oxidation sites excluding steroid dienone is 2. The first-order chi connectivity index (χ1) is 18.0. The van der Waals surface area contributed by atoms with Crippen LogP contribution in [0.15, 0.2) is 41.4 Å². The van der Waals surface area contributed by atoms with Crippen LogP contribution in [0.2, 0.25) is 0 Å². The lowest BCUT2D eigenvalue weighted by atomic mass is 10.1. The molecule has 2 aromatic rings. The van der Waals surface area contributed by atoms with E-state index in [1.54, 1.807) is 0 Å². The van der Waals surface area contributed by atoms with Crippen molar-refractivity contribution >= 4 is 18.1 Å². The van der Waals surface area contributed by atoms with Gasteiger partial charge in [0.25, 0.3) is 0 Å². The summed E-state index contributed by atoms with van der Waals surface area (Å²) in [5, 5.41) is 0. The van der Waals surface area contributed by atoms with Crippen LogP contribution in [0.4, 0.5) is 25.1 Å². The Kier molecular flexibility index (Phi) is 12.2. The van der Waals surface area contributed by atoms with Crippen molar-refractivity contribution in [3.8, 4) is 11.4 Å². The van der Waals surface area contributed by atoms with Crippen molar-refractivity contribution in [2.75, 3.05) is 49.7 Å². The summed E-state index contributed by atoms with van der Waals surface area (Å²) in [4.78, 5) is 24.8. The molecule has 10 heteroatoms. The lowest BCUT2D eigenvalue weighted by Crippen LogP contribution is -2.47. The second kappa shape index (κ2) is 14.8. The van der Waals surface area contributed by atoms with Crippen LogP contribution in [0.3, 0.4) is 0 Å². The Morgan fingerprint density at radius 2 is 1.61 bits per heavy atom. The summed E-state index contributed by atoms with van der Waals surface area (Å²) in [5.41, 5.74) is 2.12. The highest BCUT2D eigenvalue weighted by Crippen LogP contribution is 2.26. The number of nitrogens with zero attached hydrogens (tertiary/aromatic N) is 7. The number of halogens is 3. The Labute approximate surface area is 225 Å². The van der Waals surface area contributed by atoms with E-state index < -0.39 is 12.1 Å². The van der Waals surface area contributed by atoms with E-state index in [-0.39, 0.29) is 6.04 Å². The Morgan fingerprint density at radius 1 is 1.00 bits per heavy atom. The zero-order valence-corrected chi connectivity index (χ0v) is 23.7. The average Bonchev–Trinajstić information content (AvgIpc) is 2.88. The first kappa shape index (κ1) is 31.2. The predicted molar refractivity (Wildman–Crippen MR) is 151 cm³/mol.